The monoisotopic (exact) mass is 736 g/mol. The molecule has 0 heterocycles. The molecule has 4 nitrogen and oxygen atoms in total. The van der Waals surface area contributed by atoms with Gasteiger partial charge in [-0.1, -0.05) is 201 Å². The number of aliphatic carboxylic acids is 1. The minimum Gasteiger partial charge on any atom is -0.550 e. The van der Waals surface area contributed by atoms with Crippen molar-refractivity contribution in [1.29, 1.82) is 0 Å². The second-order valence-corrected chi connectivity index (χ2v) is 11.9. The van der Waals surface area contributed by atoms with Crippen LogP contribution < -0.4 is 10.2 Å². The summed E-state index contributed by atoms with van der Waals surface area (Å²) >= 11 is 0. The van der Waals surface area contributed by atoms with Crippen molar-refractivity contribution in [2.24, 2.45) is 0 Å². The van der Waals surface area contributed by atoms with Crippen LogP contribution >= 0.6 is 0 Å². The van der Waals surface area contributed by atoms with E-state index in [9.17, 15) is 19.8 Å². The van der Waals surface area contributed by atoms with Gasteiger partial charge in [0.1, 0.15) is 0 Å². The first-order valence-corrected chi connectivity index (χ1v) is 18.4. The summed E-state index contributed by atoms with van der Waals surface area (Å²) in [6.07, 6.45) is 32.0. The fourth-order valence-electron chi connectivity index (χ4n) is 4.41. The minimum atomic E-state index is -1.10. The largest absolute Gasteiger partial charge is 2.00 e. The number of carboxylic acid groups (broad SMARTS) is 2. The van der Waals surface area contributed by atoms with Crippen molar-refractivity contribution in [3.63, 3.8) is 0 Å². The van der Waals surface area contributed by atoms with Crippen LogP contribution in [0.2, 0.25) is 0 Å². The van der Waals surface area contributed by atoms with Crippen LogP contribution in [-0.4, -0.2) is 35.8 Å². The second kappa shape index (κ2) is 45.1. The van der Waals surface area contributed by atoms with Crippen molar-refractivity contribution in [2.75, 3.05) is 0 Å². The molecule has 0 spiro atoms. The maximum Gasteiger partial charge on any atom is 2.00 e. The van der Waals surface area contributed by atoms with Crippen LogP contribution in [0.4, 0.5) is 0 Å². The predicted molar refractivity (Wildman–Crippen MR) is 194 cm³/mol. The summed E-state index contributed by atoms with van der Waals surface area (Å²) in [5.41, 5.74) is 1.34. The van der Waals surface area contributed by atoms with Gasteiger partial charge in [0.15, 0.2) is 0 Å². The average molecular weight is 736 g/mol. The van der Waals surface area contributed by atoms with E-state index in [2.05, 4.69) is 41.5 Å². The quantitative estimate of drug-likeness (QED) is 0.0740. The van der Waals surface area contributed by atoms with Gasteiger partial charge in [0, 0.05) is 5.97 Å². The van der Waals surface area contributed by atoms with Crippen molar-refractivity contribution in [3.8, 4) is 0 Å². The van der Waals surface area contributed by atoms with Crippen LogP contribution in [0.5, 0.6) is 0 Å². The Labute approximate surface area is 298 Å². The molecule has 5 heteroatoms. The average Bonchev–Trinajstić information content (AvgIpc) is 3.03. The number of carbonyl (C=O) groups is 2. The number of aromatic carboxylic acids is 1. The summed E-state index contributed by atoms with van der Waals surface area (Å²) in [6.45, 7) is 15.8. The molecule has 0 amide bonds. The topological polar surface area (TPSA) is 80.3 Å². The van der Waals surface area contributed by atoms with Crippen molar-refractivity contribution < 1.29 is 19.8 Å². The molecule has 0 fully saturated rings. The molecule has 1 aromatic rings. The van der Waals surface area contributed by atoms with E-state index in [1.54, 1.807) is 18.2 Å². The Kier molecular flexibility index (Phi) is 50.9. The van der Waals surface area contributed by atoms with E-state index in [1.165, 1.54) is 116 Å². The molecule has 0 atom stereocenters. The molecule has 1 aromatic carbocycles. The third-order valence-electron chi connectivity index (χ3n) is 7.42. The van der Waals surface area contributed by atoms with Crippen LogP contribution in [0.3, 0.4) is 0 Å². The number of aryl methyl sites for hydroxylation is 1. The van der Waals surface area contributed by atoms with Crippen LogP contribution in [-0.2, 0) is 11.2 Å². The van der Waals surface area contributed by atoms with Gasteiger partial charge in [-0.05, 0) is 42.9 Å². The van der Waals surface area contributed by atoms with Crippen molar-refractivity contribution >= 4 is 35.8 Å². The number of hydrogen-bond acceptors (Lipinski definition) is 4. The fourth-order valence-corrected chi connectivity index (χ4v) is 4.41. The van der Waals surface area contributed by atoms with Gasteiger partial charge in [-0.25, -0.2) is 0 Å². The summed E-state index contributed by atoms with van der Waals surface area (Å²) < 4.78 is 0. The zero-order chi connectivity index (χ0) is 33.5. The minimum absolute atomic E-state index is 0. The third kappa shape index (κ3) is 47.5. The van der Waals surface area contributed by atoms with Crippen molar-refractivity contribution in [2.45, 2.75) is 195 Å². The van der Waals surface area contributed by atoms with E-state index < -0.39 is 11.9 Å². The Balaban J connectivity index is -0.000000318. The molecular weight excluding hydrogens is 663 g/mol. The van der Waals surface area contributed by atoms with Crippen LogP contribution in [0.15, 0.2) is 24.3 Å². The summed E-state index contributed by atoms with van der Waals surface area (Å²) in [5.74, 6) is -2.00. The second-order valence-electron chi connectivity index (χ2n) is 11.9. The van der Waals surface area contributed by atoms with E-state index in [0.29, 0.717) is 0 Å². The molecular formula is C40H72O4Sn. The number of hydrogen-bond donors (Lipinski definition) is 0. The Morgan fingerprint density at radius 2 is 0.911 bits per heavy atom. The molecule has 0 unspecified atom stereocenters. The van der Waals surface area contributed by atoms with Crippen molar-refractivity contribution in [1.82, 2.24) is 0 Å². The fraction of sp³-hybridized carbons (Fsp3) is 0.750. The molecule has 0 aromatic heterocycles. The third-order valence-corrected chi connectivity index (χ3v) is 7.42. The number of rotatable bonds is 25. The SMILES string of the molecule is CCCCCCCCCCCCCCCCCCCCC(=O)[O-].CCCCc1cccc(C(=O)[O-])c1.[CH2]CCC.[CH2]CCC.[Sn+2]. The van der Waals surface area contributed by atoms with Gasteiger partial charge in [0.25, 0.3) is 0 Å². The van der Waals surface area contributed by atoms with E-state index in [0.717, 1.165) is 50.5 Å². The zero-order valence-electron chi connectivity index (χ0n) is 30.2. The van der Waals surface area contributed by atoms with Gasteiger partial charge in [0.05, 0.1) is 5.97 Å². The Morgan fingerprint density at radius 1 is 0.556 bits per heavy atom. The molecule has 4 radical (unpaired) electrons. The normalized spacial score (nSPS) is 9.82. The van der Waals surface area contributed by atoms with E-state index in [-0.39, 0.29) is 35.9 Å². The van der Waals surface area contributed by atoms with Gasteiger partial charge in [0.2, 0.25) is 0 Å². The Morgan fingerprint density at radius 3 is 1.22 bits per heavy atom. The summed E-state index contributed by atoms with van der Waals surface area (Å²) in [7, 11) is 0. The van der Waals surface area contributed by atoms with E-state index in [4.69, 9.17) is 0 Å². The number of benzene rings is 1. The molecule has 1 rings (SSSR count). The molecule has 0 saturated heterocycles. The van der Waals surface area contributed by atoms with Gasteiger partial charge in [-0.2, -0.15) is 0 Å². The van der Waals surface area contributed by atoms with E-state index >= 15 is 0 Å². The first kappa shape index (κ1) is 50.8. The summed E-state index contributed by atoms with van der Waals surface area (Å²) in [5, 5.41) is 20.8. The molecule has 260 valence electrons. The predicted octanol–water partition coefficient (Wildman–Crippen LogP) is 10.4. The standard InChI is InChI=1S/C21H42O2.C11H14O2.2C4H9.Sn/c1-2-3-4-5-6-7-8-9-10-11-12-13-14-15-16-17-18-19-20-21(22)23;1-2-3-5-9-6-4-7-10(8-9)11(12)13;2*1-3-4-2;/h2-20H2,1H3,(H,22,23);4,6-8H,2-3,5H2,1H3,(H,12,13);2*1,3-4H2,2H3;/q;;;;+2/p-2. The number of unbranched alkanes of at least 4 members (excludes halogenated alkanes) is 20. The molecule has 0 aliphatic rings. The van der Waals surface area contributed by atoms with Gasteiger partial charge < -0.3 is 19.8 Å². The van der Waals surface area contributed by atoms with Gasteiger partial charge >= 0.3 is 23.9 Å². The maximum atomic E-state index is 10.5. The zero-order valence-corrected chi connectivity index (χ0v) is 33.1. The van der Waals surface area contributed by atoms with Gasteiger partial charge in [-0.3, -0.25) is 0 Å². The Bertz CT molecular complexity index is 699. The molecule has 0 N–H and O–H groups in total. The molecule has 45 heavy (non-hydrogen) atoms. The smallest absolute Gasteiger partial charge is 0.550 e. The first-order valence-electron chi connectivity index (χ1n) is 18.4. The number of carboxylic acids is 2. The van der Waals surface area contributed by atoms with E-state index in [1.807, 2.05) is 6.07 Å². The molecule has 0 saturated carbocycles. The molecule has 0 aliphatic heterocycles. The van der Waals surface area contributed by atoms with Crippen LogP contribution in [0.25, 0.3) is 0 Å². The van der Waals surface area contributed by atoms with Gasteiger partial charge in [-0.15, -0.1) is 0 Å². The van der Waals surface area contributed by atoms with Crippen LogP contribution in [0, 0.1) is 13.8 Å². The maximum absolute atomic E-state index is 10.5. The Hall–Kier alpha value is -1.04. The summed E-state index contributed by atoms with van der Waals surface area (Å²) in [6, 6.07) is 6.95. The summed E-state index contributed by atoms with van der Waals surface area (Å²) in [4.78, 5) is 20.8. The molecule has 0 bridgehead atoms. The first-order chi connectivity index (χ1) is 21.3. The van der Waals surface area contributed by atoms with Crippen LogP contribution in [0.1, 0.15) is 204 Å². The number of carbonyl (C=O) groups excluding carboxylic acids is 2. The molecule has 0 aliphatic carbocycles. The van der Waals surface area contributed by atoms with Crippen molar-refractivity contribution in [3.05, 3.63) is 49.2 Å².